The maximum Gasteiger partial charge on any atom is 0.408 e. The largest absolute Gasteiger partial charge is 0.444 e. The molecule has 1 heterocycles. The van der Waals surface area contributed by atoms with Crippen molar-refractivity contribution in [2.24, 2.45) is 4.99 Å². The molecule has 1 aromatic carbocycles. The third kappa shape index (κ3) is 10.2. The Morgan fingerprint density at radius 2 is 1.87 bits per heavy atom. The highest BCUT2D eigenvalue weighted by molar-refractivity contribution is 14.0. The minimum atomic E-state index is -0.529. The summed E-state index contributed by atoms with van der Waals surface area (Å²) in [6.45, 7) is 13.3. The van der Waals surface area contributed by atoms with Crippen LogP contribution in [-0.2, 0) is 11.2 Å². The van der Waals surface area contributed by atoms with Gasteiger partial charge in [0.15, 0.2) is 5.96 Å². The first kappa shape index (κ1) is 27.0. The van der Waals surface area contributed by atoms with Gasteiger partial charge in [-0.2, -0.15) is 0 Å². The molecule has 4 N–H and O–H groups in total. The van der Waals surface area contributed by atoms with Gasteiger partial charge in [-0.3, -0.25) is 4.99 Å². The Morgan fingerprint density at radius 3 is 2.52 bits per heavy atom. The number of H-pyrrole nitrogens is 1. The van der Waals surface area contributed by atoms with Gasteiger partial charge in [-0.15, -0.1) is 24.0 Å². The fourth-order valence-electron chi connectivity index (χ4n) is 2.82. The Bertz CT molecular complexity index is 824. The summed E-state index contributed by atoms with van der Waals surface area (Å²) < 4.78 is 5.33. The Morgan fingerprint density at radius 1 is 1.16 bits per heavy atom. The Hall–Kier alpha value is -2.04. The number of aromatic nitrogens is 2. The number of hydrogen-bond donors (Lipinski definition) is 4. The zero-order valence-electron chi connectivity index (χ0n) is 19.5. The van der Waals surface area contributed by atoms with Crippen LogP contribution in [0.2, 0.25) is 0 Å². The predicted molar refractivity (Wildman–Crippen MR) is 137 cm³/mol. The number of carbonyl (C=O) groups excluding carboxylic acids is 1. The van der Waals surface area contributed by atoms with Gasteiger partial charge in [-0.1, -0.05) is 12.1 Å². The molecule has 0 spiro atoms. The minimum Gasteiger partial charge on any atom is -0.444 e. The number of ether oxygens (including phenoxy) is 1. The van der Waals surface area contributed by atoms with Crippen LogP contribution in [0.4, 0.5) is 4.79 Å². The smallest absolute Gasteiger partial charge is 0.408 e. The van der Waals surface area contributed by atoms with E-state index >= 15 is 0 Å². The van der Waals surface area contributed by atoms with Crippen molar-refractivity contribution in [2.75, 3.05) is 19.6 Å². The molecule has 0 bridgehead atoms. The Balaban J connectivity index is 0.00000480. The Kier molecular flexibility index (Phi) is 10.5. The van der Waals surface area contributed by atoms with Gasteiger partial charge in [-0.25, -0.2) is 9.78 Å². The molecule has 0 fully saturated rings. The number of carbonyl (C=O) groups is 1. The minimum absolute atomic E-state index is 0. The second-order valence-corrected chi connectivity index (χ2v) is 8.94. The molecule has 0 aliphatic carbocycles. The van der Waals surface area contributed by atoms with E-state index in [4.69, 9.17) is 4.74 Å². The molecule has 0 atom stereocenters. The first-order chi connectivity index (χ1) is 14.1. The molecule has 0 unspecified atom stereocenters. The van der Waals surface area contributed by atoms with Gasteiger partial charge >= 0.3 is 6.09 Å². The maximum absolute atomic E-state index is 12.0. The van der Waals surface area contributed by atoms with E-state index in [0.717, 1.165) is 48.7 Å². The van der Waals surface area contributed by atoms with E-state index < -0.39 is 17.2 Å². The summed E-state index contributed by atoms with van der Waals surface area (Å²) >= 11 is 0. The third-order valence-electron chi connectivity index (χ3n) is 4.14. The molecule has 0 radical (unpaired) electrons. The number of aryl methyl sites for hydroxylation is 1. The SMILES string of the molecule is CCNC(=NCC(C)(C)NC(=O)OC(C)(C)C)NCCCc1nc2ccccc2[nH]1.I. The number of imidazole rings is 1. The molecular weight excluding hydrogens is 507 g/mol. The number of para-hydroxylation sites is 2. The van der Waals surface area contributed by atoms with Crippen molar-refractivity contribution in [1.82, 2.24) is 25.9 Å². The summed E-state index contributed by atoms with van der Waals surface area (Å²) in [4.78, 5) is 24.6. The lowest BCUT2D eigenvalue weighted by atomic mass is 10.1. The highest BCUT2D eigenvalue weighted by Gasteiger charge is 2.24. The van der Waals surface area contributed by atoms with Crippen molar-refractivity contribution in [2.45, 2.75) is 65.5 Å². The van der Waals surface area contributed by atoms with Crippen LogP contribution in [0.25, 0.3) is 11.0 Å². The van der Waals surface area contributed by atoms with Crippen LogP contribution < -0.4 is 16.0 Å². The van der Waals surface area contributed by atoms with Crippen LogP contribution in [0.1, 0.15) is 53.8 Å². The number of hydrogen-bond acceptors (Lipinski definition) is 4. The van der Waals surface area contributed by atoms with Gasteiger partial charge in [0.25, 0.3) is 0 Å². The van der Waals surface area contributed by atoms with Crippen molar-refractivity contribution in [3.63, 3.8) is 0 Å². The number of benzene rings is 1. The number of nitrogens with zero attached hydrogens (tertiary/aromatic N) is 2. The number of aromatic amines is 1. The zero-order valence-corrected chi connectivity index (χ0v) is 21.8. The molecule has 31 heavy (non-hydrogen) atoms. The molecule has 0 saturated heterocycles. The van der Waals surface area contributed by atoms with Gasteiger partial charge in [0, 0.05) is 19.5 Å². The van der Waals surface area contributed by atoms with Crippen LogP contribution in [0, 0.1) is 0 Å². The molecule has 1 aromatic heterocycles. The maximum atomic E-state index is 12.0. The summed E-state index contributed by atoms with van der Waals surface area (Å²) in [6, 6.07) is 8.04. The summed E-state index contributed by atoms with van der Waals surface area (Å²) in [6.07, 6.45) is 1.34. The number of nitrogens with one attached hydrogen (secondary N) is 4. The van der Waals surface area contributed by atoms with Crippen molar-refractivity contribution in [3.8, 4) is 0 Å². The fourth-order valence-corrected chi connectivity index (χ4v) is 2.82. The van der Waals surface area contributed by atoms with Crippen molar-refractivity contribution in [3.05, 3.63) is 30.1 Å². The van der Waals surface area contributed by atoms with Crippen molar-refractivity contribution < 1.29 is 9.53 Å². The van der Waals surface area contributed by atoms with Crippen LogP contribution >= 0.6 is 24.0 Å². The van der Waals surface area contributed by atoms with E-state index in [2.05, 4.69) is 30.9 Å². The molecule has 0 aliphatic rings. The molecule has 8 nitrogen and oxygen atoms in total. The van der Waals surface area contributed by atoms with E-state index in [9.17, 15) is 4.79 Å². The highest BCUT2D eigenvalue weighted by Crippen LogP contribution is 2.11. The number of fused-ring (bicyclic) bond motifs is 1. The van der Waals surface area contributed by atoms with Gasteiger partial charge in [0.05, 0.1) is 23.1 Å². The monoisotopic (exact) mass is 544 g/mol. The molecule has 174 valence electrons. The normalized spacial score (nSPS) is 12.3. The summed E-state index contributed by atoms with van der Waals surface area (Å²) in [5.41, 5.74) is 1.00. The summed E-state index contributed by atoms with van der Waals surface area (Å²) in [5, 5.41) is 9.46. The lowest BCUT2D eigenvalue weighted by molar-refractivity contribution is 0.0476. The van der Waals surface area contributed by atoms with Crippen LogP contribution in [-0.4, -0.2) is 52.8 Å². The number of halogens is 1. The summed E-state index contributed by atoms with van der Waals surface area (Å²) in [5.74, 6) is 1.71. The van der Waals surface area contributed by atoms with E-state index in [-0.39, 0.29) is 24.0 Å². The molecular formula is C22H37IN6O2. The topological polar surface area (TPSA) is 103 Å². The van der Waals surface area contributed by atoms with E-state index in [1.165, 1.54) is 0 Å². The van der Waals surface area contributed by atoms with Gasteiger partial charge < -0.3 is 25.7 Å². The van der Waals surface area contributed by atoms with Crippen LogP contribution in [0.3, 0.4) is 0 Å². The number of aliphatic imine (C=N–C) groups is 1. The number of alkyl carbamates (subject to hydrolysis) is 1. The van der Waals surface area contributed by atoms with E-state index in [0.29, 0.717) is 6.54 Å². The van der Waals surface area contributed by atoms with E-state index in [1.807, 2.05) is 65.8 Å². The predicted octanol–water partition coefficient (Wildman–Crippen LogP) is 3.97. The average molecular weight is 544 g/mol. The lowest BCUT2D eigenvalue weighted by Crippen LogP contribution is -2.49. The first-order valence-corrected chi connectivity index (χ1v) is 10.5. The standard InChI is InChI=1S/C22H36N6O2.HI/c1-7-23-19(25-15-22(5,6)28-20(29)30-21(2,3)4)24-14-10-13-18-26-16-11-8-9-12-17(16)27-18;/h8-9,11-12H,7,10,13-15H2,1-6H3,(H,26,27)(H,28,29)(H2,23,24,25);1H. The van der Waals surface area contributed by atoms with E-state index in [1.54, 1.807) is 0 Å². The first-order valence-electron chi connectivity index (χ1n) is 10.5. The molecule has 2 aromatic rings. The Labute approximate surface area is 202 Å². The zero-order chi connectivity index (χ0) is 22.2. The summed E-state index contributed by atoms with van der Waals surface area (Å²) in [7, 11) is 0. The van der Waals surface area contributed by atoms with Crippen molar-refractivity contribution in [1.29, 1.82) is 0 Å². The lowest BCUT2D eigenvalue weighted by Gasteiger charge is -2.27. The molecule has 0 aliphatic heterocycles. The van der Waals surface area contributed by atoms with Crippen LogP contribution in [0.15, 0.2) is 29.3 Å². The molecule has 2 rings (SSSR count). The second kappa shape index (κ2) is 12.1. The number of amides is 1. The second-order valence-electron chi connectivity index (χ2n) is 8.94. The van der Waals surface area contributed by atoms with Crippen molar-refractivity contribution >= 4 is 47.1 Å². The van der Waals surface area contributed by atoms with Gasteiger partial charge in [-0.05, 0) is 60.1 Å². The van der Waals surface area contributed by atoms with Gasteiger partial charge in [0.1, 0.15) is 11.4 Å². The molecule has 0 saturated carbocycles. The van der Waals surface area contributed by atoms with Gasteiger partial charge in [0.2, 0.25) is 0 Å². The molecule has 1 amide bonds. The molecule has 9 heteroatoms. The van der Waals surface area contributed by atoms with Crippen LogP contribution in [0.5, 0.6) is 0 Å². The fraction of sp³-hybridized carbons (Fsp3) is 0.591. The number of rotatable bonds is 8. The highest BCUT2D eigenvalue weighted by atomic mass is 127. The number of guanidine groups is 1. The third-order valence-corrected chi connectivity index (χ3v) is 4.14. The quantitative estimate of drug-likeness (QED) is 0.174. The average Bonchev–Trinajstić information content (AvgIpc) is 3.03.